The Morgan fingerprint density at radius 3 is 2.43 bits per heavy atom. The SMILES string of the molecule is O=C(Nc1cccc(C(F)(F)F)c1)c1cccn(Cc2ccc(Br)cc2)c1=O. The number of carbonyl (C=O) groups is 1. The number of hydrogen-bond acceptors (Lipinski definition) is 2. The molecule has 1 aromatic heterocycles. The lowest BCUT2D eigenvalue weighted by Gasteiger charge is -2.11. The molecule has 0 aliphatic heterocycles. The average molecular weight is 451 g/mol. The van der Waals surface area contributed by atoms with Crippen molar-refractivity contribution in [3.05, 3.63) is 98.4 Å². The van der Waals surface area contributed by atoms with Crippen molar-refractivity contribution in [3.8, 4) is 0 Å². The fraction of sp³-hybridized carbons (Fsp3) is 0.100. The molecule has 0 fully saturated rings. The average Bonchev–Trinajstić information content (AvgIpc) is 2.64. The number of hydrogen-bond donors (Lipinski definition) is 1. The second-order valence-corrected chi connectivity index (χ2v) is 6.93. The number of pyridine rings is 1. The monoisotopic (exact) mass is 450 g/mol. The van der Waals surface area contributed by atoms with Gasteiger partial charge in [0.15, 0.2) is 0 Å². The predicted molar refractivity (Wildman–Crippen MR) is 103 cm³/mol. The molecule has 28 heavy (non-hydrogen) atoms. The third-order valence-electron chi connectivity index (χ3n) is 3.98. The summed E-state index contributed by atoms with van der Waals surface area (Å²) in [7, 11) is 0. The summed E-state index contributed by atoms with van der Waals surface area (Å²) in [5.74, 6) is -0.769. The summed E-state index contributed by atoms with van der Waals surface area (Å²) in [6.45, 7) is 0.261. The molecule has 1 heterocycles. The van der Waals surface area contributed by atoms with Crippen LogP contribution in [0.3, 0.4) is 0 Å². The van der Waals surface area contributed by atoms with E-state index in [0.717, 1.165) is 22.2 Å². The van der Waals surface area contributed by atoms with Gasteiger partial charge in [-0.15, -0.1) is 0 Å². The Hall–Kier alpha value is -2.87. The lowest BCUT2D eigenvalue weighted by Crippen LogP contribution is -2.29. The third-order valence-corrected chi connectivity index (χ3v) is 4.51. The van der Waals surface area contributed by atoms with Crippen molar-refractivity contribution in [2.45, 2.75) is 12.7 Å². The molecule has 0 saturated heterocycles. The molecule has 3 aromatic rings. The minimum absolute atomic E-state index is 0.0393. The molecule has 0 bridgehead atoms. The Balaban J connectivity index is 1.83. The van der Waals surface area contributed by atoms with Crippen LogP contribution in [0.15, 0.2) is 76.1 Å². The van der Waals surface area contributed by atoms with Crippen LogP contribution in [-0.4, -0.2) is 10.5 Å². The molecule has 3 rings (SSSR count). The first kappa shape index (κ1) is 19.9. The molecule has 0 radical (unpaired) electrons. The maximum Gasteiger partial charge on any atom is 0.416 e. The molecule has 8 heteroatoms. The Morgan fingerprint density at radius 2 is 1.75 bits per heavy atom. The van der Waals surface area contributed by atoms with E-state index in [1.807, 2.05) is 24.3 Å². The first-order valence-corrected chi connectivity index (χ1v) is 8.96. The van der Waals surface area contributed by atoms with Gasteiger partial charge in [0, 0.05) is 16.4 Å². The number of nitrogens with zero attached hydrogens (tertiary/aromatic N) is 1. The minimum Gasteiger partial charge on any atom is -0.322 e. The zero-order chi connectivity index (χ0) is 20.3. The standard InChI is InChI=1S/C20H14BrF3N2O2/c21-15-8-6-13(7-9-15)12-26-10-2-5-17(19(26)28)18(27)25-16-4-1-3-14(11-16)20(22,23)24/h1-11H,12H2,(H,25,27). The molecule has 0 atom stereocenters. The van der Waals surface area contributed by atoms with Crippen LogP contribution in [0.25, 0.3) is 0 Å². The summed E-state index contributed by atoms with van der Waals surface area (Å²) in [5.41, 5.74) is -0.749. The number of anilines is 1. The Kier molecular flexibility index (Phi) is 5.69. The van der Waals surface area contributed by atoms with Crippen LogP contribution in [0, 0.1) is 0 Å². The second-order valence-electron chi connectivity index (χ2n) is 6.01. The van der Waals surface area contributed by atoms with E-state index in [2.05, 4.69) is 21.2 Å². The molecular weight excluding hydrogens is 437 g/mol. The van der Waals surface area contributed by atoms with E-state index < -0.39 is 23.2 Å². The van der Waals surface area contributed by atoms with Crippen LogP contribution >= 0.6 is 15.9 Å². The fourth-order valence-electron chi connectivity index (χ4n) is 2.59. The first-order valence-electron chi connectivity index (χ1n) is 8.16. The number of benzene rings is 2. The molecule has 2 aromatic carbocycles. The second kappa shape index (κ2) is 8.02. The number of alkyl halides is 3. The van der Waals surface area contributed by atoms with Crippen molar-refractivity contribution in [3.63, 3.8) is 0 Å². The molecule has 0 spiro atoms. The summed E-state index contributed by atoms with van der Waals surface area (Å²) < 4.78 is 40.7. The summed E-state index contributed by atoms with van der Waals surface area (Å²) in [6, 6.07) is 14.5. The van der Waals surface area contributed by atoms with Crippen LogP contribution in [0.1, 0.15) is 21.5 Å². The minimum atomic E-state index is -4.52. The molecule has 1 N–H and O–H groups in total. The van der Waals surface area contributed by atoms with E-state index in [9.17, 15) is 22.8 Å². The van der Waals surface area contributed by atoms with Crippen molar-refractivity contribution in [1.29, 1.82) is 0 Å². The van der Waals surface area contributed by atoms with Crippen LogP contribution in [-0.2, 0) is 12.7 Å². The van der Waals surface area contributed by atoms with Gasteiger partial charge in [0.25, 0.3) is 11.5 Å². The lowest BCUT2D eigenvalue weighted by atomic mass is 10.1. The van der Waals surface area contributed by atoms with Crippen LogP contribution in [0.5, 0.6) is 0 Å². The van der Waals surface area contributed by atoms with E-state index in [1.165, 1.54) is 22.8 Å². The van der Waals surface area contributed by atoms with Crippen molar-refractivity contribution >= 4 is 27.5 Å². The van der Waals surface area contributed by atoms with Crippen LogP contribution in [0.4, 0.5) is 18.9 Å². The van der Waals surface area contributed by atoms with E-state index in [1.54, 1.807) is 12.3 Å². The summed E-state index contributed by atoms with van der Waals surface area (Å²) >= 11 is 3.33. The van der Waals surface area contributed by atoms with Crippen molar-refractivity contribution in [2.24, 2.45) is 0 Å². The van der Waals surface area contributed by atoms with Crippen LogP contribution < -0.4 is 10.9 Å². The highest BCUT2D eigenvalue weighted by Crippen LogP contribution is 2.30. The molecule has 0 saturated carbocycles. The predicted octanol–water partition coefficient (Wildman–Crippen LogP) is 4.93. The zero-order valence-corrected chi connectivity index (χ0v) is 15.9. The lowest BCUT2D eigenvalue weighted by molar-refractivity contribution is -0.137. The third kappa shape index (κ3) is 4.69. The maximum absolute atomic E-state index is 12.8. The molecule has 144 valence electrons. The maximum atomic E-state index is 12.8. The van der Waals surface area contributed by atoms with Gasteiger partial charge >= 0.3 is 6.18 Å². The zero-order valence-electron chi connectivity index (χ0n) is 14.3. The molecular formula is C20H14BrF3N2O2. The van der Waals surface area contributed by atoms with Crippen molar-refractivity contribution in [2.75, 3.05) is 5.32 Å². The van der Waals surface area contributed by atoms with Gasteiger partial charge in [-0.2, -0.15) is 13.2 Å². The largest absolute Gasteiger partial charge is 0.416 e. The Bertz CT molecular complexity index is 1060. The Labute approximate surface area is 166 Å². The number of amides is 1. The highest BCUT2D eigenvalue weighted by atomic mass is 79.9. The van der Waals surface area contributed by atoms with Gasteiger partial charge in [-0.3, -0.25) is 9.59 Å². The van der Waals surface area contributed by atoms with Gasteiger partial charge in [-0.1, -0.05) is 34.1 Å². The number of rotatable bonds is 4. The van der Waals surface area contributed by atoms with E-state index in [4.69, 9.17) is 0 Å². The summed E-state index contributed by atoms with van der Waals surface area (Å²) in [6.07, 6.45) is -2.98. The van der Waals surface area contributed by atoms with Gasteiger partial charge in [-0.05, 0) is 48.0 Å². The topological polar surface area (TPSA) is 51.1 Å². The van der Waals surface area contributed by atoms with Crippen LogP contribution in [0.2, 0.25) is 0 Å². The van der Waals surface area contributed by atoms with Gasteiger partial charge < -0.3 is 9.88 Å². The van der Waals surface area contributed by atoms with Gasteiger partial charge in [0.05, 0.1) is 12.1 Å². The smallest absolute Gasteiger partial charge is 0.322 e. The number of nitrogens with one attached hydrogen (secondary N) is 1. The normalized spacial score (nSPS) is 11.3. The number of halogens is 4. The highest BCUT2D eigenvalue weighted by molar-refractivity contribution is 9.10. The first-order chi connectivity index (χ1) is 13.2. The van der Waals surface area contributed by atoms with E-state index >= 15 is 0 Å². The van der Waals surface area contributed by atoms with Crippen molar-refractivity contribution in [1.82, 2.24) is 4.57 Å². The van der Waals surface area contributed by atoms with Gasteiger partial charge in [-0.25, -0.2) is 0 Å². The van der Waals surface area contributed by atoms with E-state index in [-0.39, 0.29) is 17.8 Å². The molecule has 1 amide bonds. The molecule has 0 aliphatic rings. The number of aromatic nitrogens is 1. The van der Waals surface area contributed by atoms with Gasteiger partial charge in [0.2, 0.25) is 0 Å². The molecule has 4 nitrogen and oxygen atoms in total. The van der Waals surface area contributed by atoms with Crippen molar-refractivity contribution < 1.29 is 18.0 Å². The molecule has 0 aliphatic carbocycles. The highest BCUT2D eigenvalue weighted by Gasteiger charge is 2.30. The number of carbonyl (C=O) groups excluding carboxylic acids is 1. The summed E-state index contributed by atoms with van der Waals surface area (Å²) in [5, 5.41) is 2.35. The fourth-order valence-corrected chi connectivity index (χ4v) is 2.86. The van der Waals surface area contributed by atoms with E-state index in [0.29, 0.717) is 0 Å². The van der Waals surface area contributed by atoms with Gasteiger partial charge in [0.1, 0.15) is 5.56 Å². The summed E-state index contributed by atoms with van der Waals surface area (Å²) in [4.78, 5) is 25.0. The molecule has 0 unspecified atom stereocenters. The Morgan fingerprint density at radius 1 is 1.04 bits per heavy atom. The quantitative estimate of drug-likeness (QED) is 0.612.